The number of carbonyl (C=O) groups excluding carboxylic acids is 1. The van der Waals surface area contributed by atoms with E-state index in [1.165, 1.54) is 0 Å². The predicted octanol–water partition coefficient (Wildman–Crippen LogP) is 3.05. The molecule has 22 heavy (non-hydrogen) atoms. The Morgan fingerprint density at radius 3 is 2.18 bits per heavy atom. The summed E-state index contributed by atoms with van der Waals surface area (Å²) in [4.78, 5) is 15.5. The summed E-state index contributed by atoms with van der Waals surface area (Å²) in [5.41, 5.74) is 4.03. The highest BCUT2D eigenvalue weighted by molar-refractivity contribution is 5.92. The first-order chi connectivity index (χ1) is 9.10. The first-order valence-corrected chi connectivity index (χ1v) is 6.16. The normalized spacial score (nSPS) is 13.6. The Balaban J connectivity index is 0. The molecule has 128 valence electrons. The lowest BCUT2D eigenvalue weighted by Crippen LogP contribution is -2.55. The fourth-order valence-corrected chi connectivity index (χ4v) is 1.45. The van der Waals surface area contributed by atoms with Crippen LogP contribution in [0.1, 0.15) is 36.8 Å². The first-order valence-electron chi connectivity index (χ1n) is 6.16. The Kier molecular flexibility index (Phi) is 9.02. The number of rotatable bonds is 4. The highest BCUT2D eigenvalue weighted by Crippen LogP contribution is 2.28. The van der Waals surface area contributed by atoms with Crippen molar-refractivity contribution in [2.75, 3.05) is 6.54 Å². The maximum atomic E-state index is 12.4. The van der Waals surface area contributed by atoms with Crippen LogP contribution in [0.3, 0.4) is 0 Å². The van der Waals surface area contributed by atoms with Crippen LogP contribution in [0.25, 0.3) is 0 Å². The molecule has 0 bridgehead atoms. The van der Waals surface area contributed by atoms with Gasteiger partial charge in [0.1, 0.15) is 5.69 Å². The van der Waals surface area contributed by atoms with E-state index in [9.17, 15) is 18.0 Å². The summed E-state index contributed by atoms with van der Waals surface area (Å²) in [7, 11) is 0. The molecule has 3 N–H and O–H groups in total. The quantitative estimate of drug-likeness (QED) is 0.865. The largest absolute Gasteiger partial charge is 0.417 e. The molecule has 0 saturated heterocycles. The van der Waals surface area contributed by atoms with Gasteiger partial charge in [0.05, 0.1) is 11.1 Å². The molecule has 0 spiro atoms. The van der Waals surface area contributed by atoms with Crippen molar-refractivity contribution in [1.29, 1.82) is 0 Å². The van der Waals surface area contributed by atoms with Crippen molar-refractivity contribution in [3.63, 3.8) is 0 Å². The molecule has 1 aromatic heterocycles. The van der Waals surface area contributed by atoms with Gasteiger partial charge in [-0.1, -0.05) is 13.8 Å². The summed E-state index contributed by atoms with van der Waals surface area (Å²) < 4.78 is 37.2. The molecule has 1 atom stereocenters. The van der Waals surface area contributed by atoms with E-state index in [1.54, 1.807) is 6.92 Å². The van der Waals surface area contributed by atoms with Crippen molar-refractivity contribution in [2.24, 2.45) is 11.7 Å². The second-order valence-electron chi connectivity index (χ2n) is 5.16. The zero-order valence-corrected chi connectivity index (χ0v) is 14.0. The van der Waals surface area contributed by atoms with E-state index >= 15 is 0 Å². The van der Waals surface area contributed by atoms with E-state index in [0.29, 0.717) is 6.20 Å². The highest BCUT2D eigenvalue weighted by Gasteiger charge is 2.32. The summed E-state index contributed by atoms with van der Waals surface area (Å²) >= 11 is 0. The number of nitrogens with one attached hydrogen (secondary N) is 1. The molecular weight excluding hydrogens is 342 g/mol. The van der Waals surface area contributed by atoms with Crippen molar-refractivity contribution < 1.29 is 18.0 Å². The Morgan fingerprint density at radius 2 is 1.86 bits per heavy atom. The number of nitrogens with two attached hydrogens (primary N) is 1. The number of amides is 1. The van der Waals surface area contributed by atoms with Crippen LogP contribution in [-0.2, 0) is 6.18 Å². The summed E-state index contributed by atoms with van der Waals surface area (Å²) in [6.07, 6.45) is -3.82. The van der Waals surface area contributed by atoms with Gasteiger partial charge in [-0.15, -0.1) is 24.8 Å². The van der Waals surface area contributed by atoms with E-state index in [4.69, 9.17) is 5.73 Å². The molecule has 1 rings (SSSR count). The molecule has 0 fully saturated rings. The number of alkyl halides is 3. The molecule has 0 aromatic carbocycles. The maximum absolute atomic E-state index is 12.4. The molecule has 4 nitrogen and oxygen atoms in total. The smallest absolute Gasteiger partial charge is 0.344 e. The van der Waals surface area contributed by atoms with Gasteiger partial charge in [0.2, 0.25) is 0 Å². The summed E-state index contributed by atoms with van der Waals surface area (Å²) in [6, 6.07) is 1.88. The first kappa shape index (κ1) is 23.2. The molecule has 9 heteroatoms. The molecule has 1 amide bonds. The van der Waals surface area contributed by atoms with Crippen LogP contribution in [0.4, 0.5) is 13.2 Å². The number of halogens is 5. The number of nitrogens with zero attached hydrogens (tertiary/aromatic N) is 1. The van der Waals surface area contributed by atoms with Crippen LogP contribution in [0.5, 0.6) is 0 Å². The maximum Gasteiger partial charge on any atom is 0.417 e. The van der Waals surface area contributed by atoms with Gasteiger partial charge in [-0.05, 0) is 25.0 Å². The number of pyridine rings is 1. The fraction of sp³-hybridized carbons (Fsp3) is 0.538. The Labute approximate surface area is 139 Å². The minimum atomic E-state index is -4.47. The standard InChI is InChI=1S/C13H18F3N3O.2ClH/c1-8(2)12(3,7-17)19-11(20)10-5-4-9(6-18-10)13(14,15)16;;/h4-6,8H,7,17H2,1-3H3,(H,19,20);2*1H. The topological polar surface area (TPSA) is 68.0 Å². The van der Waals surface area contributed by atoms with Gasteiger partial charge < -0.3 is 11.1 Å². The van der Waals surface area contributed by atoms with E-state index < -0.39 is 23.2 Å². The summed E-state index contributed by atoms with van der Waals surface area (Å²) in [5.74, 6) is -0.466. The molecule has 1 unspecified atom stereocenters. The van der Waals surface area contributed by atoms with Crippen molar-refractivity contribution in [3.8, 4) is 0 Å². The SMILES string of the molecule is CC(C)C(C)(CN)NC(=O)c1ccc(C(F)(F)F)cn1.Cl.Cl. The van der Waals surface area contributed by atoms with Gasteiger partial charge in [-0.3, -0.25) is 9.78 Å². The third-order valence-corrected chi connectivity index (χ3v) is 3.42. The predicted molar refractivity (Wildman–Crippen MR) is 83.5 cm³/mol. The zero-order chi connectivity index (χ0) is 15.6. The number of carbonyl (C=O) groups is 1. The van der Waals surface area contributed by atoms with Crippen molar-refractivity contribution in [1.82, 2.24) is 10.3 Å². The molecule has 1 aromatic rings. The molecule has 0 saturated carbocycles. The minimum absolute atomic E-state index is 0. The Hall–Kier alpha value is -1.05. The van der Waals surface area contributed by atoms with Crippen LogP contribution >= 0.6 is 24.8 Å². The summed E-state index contributed by atoms with van der Waals surface area (Å²) in [5, 5.41) is 2.71. The minimum Gasteiger partial charge on any atom is -0.344 e. The molecule has 0 aliphatic rings. The van der Waals surface area contributed by atoms with Crippen LogP contribution < -0.4 is 11.1 Å². The van der Waals surface area contributed by atoms with E-state index in [0.717, 1.165) is 12.1 Å². The molecule has 1 heterocycles. The summed E-state index contributed by atoms with van der Waals surface area (Å²) in [6.45, 7) is 5.79. The van der Waals surface area contributed by atoms with Crippen molar-refractivity contribution in [3.05, 3.63) is 29.6 Å². The van der Waals surface area contributed by atoms with E-state index in [-0.39, 0.29) is 43.0 Å². The lowest BCUT2D eigenvalue weighted by Gasteiger charge is -2.33. The Morgan fingerprint density at radius 1 is 1.32 bits per heavy atom. The monoisotopic (exact) mass is 361 g/mol. The second-order valence-corrected chi connectivity index (χ2v) is 5.16. The van der Waals surface area contributed by atoms with Gasteiger partial charge in [0.25, 0.3) is 5.91 Å². The molecular formula is C13H20Cl2F3N3O. The molecule has 0 radical (unpaired) electrons. The third-order valence-electron chi connectivity index (χ3n) is 3.42. The highest BCUT2D eigenvalue weighted by atomic mass is 35.5. The van der Waals surface area contributed by atoms with Crippen molar-refractivity contribution >= 4 is 30.7 Å². The average molecular weight is 362 g/mol. The van der Waals surface area contributed by atoms with Gasteiger partial charge in [0, 0.05) is 12.7 Å². The van der Waals surface area contributed by atoms with Crippen LogP contribution in [0.15, 0.2) is 18.3 Å². The van der Waals surface area contributed by atoms with Crippen LogP contribution in [-0.4, -0.2) is 23.0 Å². The van der Waals surface area contributed by atoms with Crippen molar-refractivity contribution in [2.45, 2.75) is 32.5 Å². The lowest BCUT2D eigenvalue weighted by molar-refractivity contribution is -0.137. The Bertz CT molecular complexity index is 480. The van der Waals surface area contributed by atoms with Gasteiger partial charge in [-0.25, -0.2) is 0 Å². The van der Waals surface area contributed by atoms with E-state index in [2.05, 4.69) is 10.3 Å². The average Bonchev–Trinajstić information content (AvgIpc) is 2.37. The lowest BCUT2D eigenvalue weighted by atomic mass is 9.88. The molecule has 0 aliphatic carbocycles. The van der Waals surface area contributed by atoms with Gasteiger partial charge >= 0.3 is 6.18 Å². The zero-order valence-electron chi connectivity index (χ0n) is 12.4. The third kappa shape index (κ3) is 5.62. The fourth-order valence-electron chi connectivity index (χ4n) is 1.45. The number of hydrogen-bond donors (Lipinski definition) is 2. The molecule has 0 aliphatic heterocycles. The number of aromatic nitrogens is 1. The van der Waals surface area contributed by atoms with Crippen LogP contribution in [0, 0.1) is 5.92 Å². The van der Waals surface area contributed by atoms with Gasteiger partial charge in [-0.2, -0.15) is 13.2 Å². The van der Waals surface area contributed by atoms with Gasteiger partial charge in [0.15, 0.2) is 0 Å². The van der Waals surface area contributed by atoms with Crippen LogP contribution in [0.2, 0.25) is 0 Å². The van der Waals surface area contributed by atoms with E-state index in [1.807, 2.05) is 13.8 Å². The second kappa shape index (κ2) is 8.55. The number of hydrogen-bond acceptors (Lipinski definition) is 3.